The fraction of sp³-hybridized carbons (Fsp3) is 0.136. The maximum absolute atomic E-state index is 4.92. The molecule has 0 aliphatic rings. The van der Waals surface area contributed by atoms with Crippen LogP contribution in [0.15, 0.2) is 83.5 Å². The summed E-state index contributed by atoms with van der Waals surface area (Å²) in [6.07, 6.45) is 2.07. The molecule has 0 aliphatic carbocycles. The van der Waals surface area contributed by atoms with Crippen LogP contribution in [0.1, 0.15) is 29.7 Å². The molecular weight excluding hydrogens is 386 g/mol. The molecule has 4 aromatic rings. The summed E-state index contributed by atoms with van der Waals surface area (Å²) in [5.41, 5.74) is 4.51. The van der Waals surface area contributed by atoms with Gasteiger partial charge in [-0.25, -0.2) is 4.98 Å². The molecule has 0 saturated heterocycles. The minimum Gasteiger partial charge on any atom is -0.366 e. The second kappa shape index (κ2) is 7.34. The first-order valence-corrected chi connectivity index (χ1v) is 9.52. The van der Waals surface area contributed by atoms with Crippen LogP contribution in [0.25, 0.3) is 5.65 Å². The molecule has 130 valence electrons. The van der Waals surface area contributed by atoms with E-state index in [4.69, 9.17) is 4.98 Å². The van der Waals surface area contributed by atoms with Gasteiger partial charge in [0.15, 0.2) is 0 Å². The summed E-state index contributed by atoms with van der Waals surface area (Å²) in [6, 6.07) is 25.0. The largest absolute Gasteiger partial charge is 0.366 e. The first-order valence-electron chi connectivity index (χ1n) is 8.72. The van der Waals surface area contributed by atoms with E-state index in [1.165, 1.54) is 11.1 Å². The molecule has 26 heavy (non-hydrogen) atoms. The number of imidazole rings is 1. The fourth-order valence-electron chi connectivity index (χ4n) is 3.20. The van der Waals surface area contributed by atoms with Gasteiger partial charge >= 0.3 is 0 Å². The van der Waals surface area contributed by atoms with Gasteiger partial charge < -0.3 is 5.32 Å². The molecule has 0 fully saturated rings. The van der Waals surface area contributed by atoms with Crippen molar-refractivity contribution in [2.45, 2.75) is 19.4 Å². The molecule has 0 radical (unpaired) electrons. The summed E-state index contributed by atoms with van der Waals surface area (Å²) >= 11 is 3.58. The van der Waals surface area contributed by atoms with E-state index in [-0.39, 0.29) is 5.92 Å². The van der Waals surface area contributed by atoms with Gasteiger partial charge in [0.1, 0.15) is 11.5 Å². The summed E-state index contributed by atoms with van der Waals surface area (Å²) < 4.78 is 3.16. The summed E-state index contributed by atoms with van der Waals surface area (Å²) in [7, 11) is 0. The van der Waals surface area contributed by atoms with Gasteiger partial charge in [0.05, 0.1) is 5.69 Å². The van der Waals surface area contributed by atoms with Gasteiger partial charge in [-0.1, -0.05) is 67.6 Å². The Labute approximate surface area is 161 Å². The Bertz CT molecular complexity index is 1010. The quantitative estimate of drug-likeness (QED) is 0.450. The van der Waals surface area contributed by atoms with Crippen LogP contribution in [0.2, 0.25) is 0 Å². The minimum atomic E-state index is 0.202. The number of nitrogens with zero attached hydrogens (tertiary/aromatic N) is 2. The molecule has 3 nitrogen and oxygen atoms in total. The van der Waals surface area contributed by atoms with E-state index < -0.39 is 0 Å². The molecule has 2 aromatic carbocycles. The lowest BCUT2D eigenvalue weighted by atomic mass is 9.98. The summed E-state index contributed by atoms with van der Waals surface area (Å²) in [4.78, 5) is 4.92. The average Bonchev–Trinajstić information content (AvgIpc) is 3.05. The van der Waals surface area contributed by atoms with Crippen molar-refractivity contribution in [3.8, 4) is 0 Å². The van der Waals surface area contributed by atoms with Crippen LogP contribution in [0.4, 0.5) is 5.82 Å². The molecule has 1 unspecified atom stereocenters. The Morgan fingerprint density at radius 1 is 0.962 bits per heavy atom. The second-order valence-corrected chi connectivity index (χ2v) is 7.31. The lowest BCUT2D eigenvalue weighted by Crippen LogP contribution is -2.07. The molecule has 4 heteroatoms. The molecule has 1 N–H and O–H groups in total. The Balaban J connectivity index is 1.76. The van der Waals surface area contributed by atoms with Crippen LogP contribution in [-0.4, -0.2) is 9.38 Å². The Kier molecular flexibility index (Phi) is 4.76. The molecule has 0 spiro atoms. The molecule has 1 atom stereocenters. The predicted octanol–water partition coefficient (Wildman–Crippen LogP) is 5.86. The van der Waals surface area contributed by atoms with Gasteiger partial charge in [-0.2, -0.15) is 0 Å². The first kappa shape index (κ1) is 16.9. The number of anilines is 1. The number of nitrogens with one attached hydrogen (secondary N) is 1. The lowest BCUT2D eigenvalue weighted by molar-refractivity contribution is 0.882. The van der Waals surface area contributed by atoms with Gasteiger partial charge in [0.25, 0.3) is 0 Å². The van der Waals surface area contributed by atoms with Crippen molar-refractivity contribution in [2.24, 2.45) is 0 Å². The van der Waals surface area contributed by atoms with Crippen LogP contribution in [-0.2, 0) is 6.54 Å². The Morgan fingerprint density at radius 3 is 2.38 bits per heavy atom. The summed E-state index contributed by atoms with van der Waals surface area (Å²) in [6.45, 7) is 2.97. The van der Waals surface area contributed by atoms with Crippen molar-refractivity contribution in [3.63, 3.8) is 0 Å². The third-order valence-corrected chi connectivity index (χ3v) is 5.09. The third-order valence-electron chi connectivity index (χ3n) is 4.62. The maximum atomic E-state index is 4.92. The smallest absolute Gasteiger partial charge is 0.138 e. The molecular formula is C22H20BrN3. The van der Waals surface area contributed by atoms with Crippen molar-refractivity contribution in [1.29, 1.82) is 0 Å². The Morgan fingerprint density at radius 2 is 1.65 bits per heavy atom. The number of hydrogen-bond donors (Lipinski definition) is 1. The van der Waals surface area contributed by atoms with Crippen molar-refractivity contribution >= 4 is 27.4 Å². The van der Waals surface area contributed by atoms with Gasteiger partial charge in [-0.05, 0) is 39.2 Å². The van der Waals surface area contributed by atoms with E-state index in [9.17, 15) is 0 Å². The van der Waals surface area contributed by atoms with Crippen molar-refractivity contribution in [1.82, 2.24) is 9.38 Å². The number of aromatic nitrogens is 2. The molecule has 0 aliphatic heterocycles. The number of benzene rings is 2. The second-order valence-electron chi connectivity index (χ2n) is 6.39. The summed E-state index contributed by atoms with van der Waals surface area (Å²) in [5.74, 6) is 1.25. The molecule has 2 aromatic heterocycles. The van der Waals surface area contributed by atoms with Gasteiger partial charge in [0, 0.05) is 23.1 Å². The van der Waals surface area contributed by atoms with E-state index in [1.807, 2.05) is 24.3 Å². The average molecular weight is 406 g/mol. The fourth-order valence-corrected chi connectivity index (χ4v) is 3.53. The molecule has 0 saturated carbocycles. The van der Waals surface area contributed by atoms with Crippen molar-refractivity contribution in [3.05, 3.63) is 100 Å². The van der Waals surface area contributed by atoms with Crippen molar-refractivity contribution < 1.29 is 0 Å². The SMILES string of the molecule is CC(c1ccccc1)c1nc2ccc(Br)cn2c1NCc1ccccc1. The van der Waals surface area contributed by atoms with E-state index in [2.05, 4.69) is 87.3 Å². The number of halogens is 1. The maximum Gasteiger partial charge on any atom is 0.138 e. The Hall–Kier alpha value is -2.59. The minimum absolute atomic E-state index is 0.202. The van der Waals surface area contributed by atoms with Crippen molar-refractivity contribution in [2.75, 3.05) is 5.32 Å². The summed E-state index contributed by atoms with van der Waals surface area (Å²) in [5, 5.41) is 3.61. The standard InChI is InChI=1S/C22H20BrN3/c1-16(18-10-6-3-7-11-18)21-22(24-14-17-8-4-2-5-9-17)26-15-19(23)12-13-20(26)25-21/h2-13,15-16,24H,14H2,1H3. The van der Waals surface area contributed by atoms with Crippen LogP contribution in [0, 0.1) is 0 Å². The van der Waals surface area contributed by atoms with Gasteiger partial charge in [0.2, 0.25) is 0 Å². The van der Waals surface area contributed by atoms with E-state index in [1.54, 1.807) is 0 Å². The molecule has 2 heterocycles. The number of rotatable bonds is 5. The van der Waals surface area contributed by atoms with Crippen LogP contribution >= 0.6 is 15.9 Å². The lowest BCUT2D eigenvalue weighted by Gasteiger charge is -2.14. The predicted molar refractivity (Wildman–Crippen MR) is 111 cm³/mol. The van der Waals surface area contributed by atoms with E-state index in [0.717, 1.165) is 28.2 Å². The van der Waals surface area contributed by atoms with Gasteiger partial charge in [-0.3, -0.25) is 4.40 Å². The van der Waals surface area contributed by atoms with Crippen LogP contribution in [0.3, 0.4) is 0 Å². The zero-order valence-electron chi connectivity index (χ0n) is 14.6. The number of hydrogen-bond acceptors (Lipinski definition) is 2. The zero-order chi connectivity index (χ0) is 17.9. The number of fused-ring (bicyclic) bond motifs is 1. The monoisotopic (exact) mass is 405 g/mol. The normalized spacial score (nSPS) is 12.2. The molecule has 0 amide bonds. The number of pyridine rings is 1. The van der Waals surface area contributed by atoms with Gasteiger partial charge in [-0.15, -0.1) is 0 Å². The molecule has 0 bridgehead atoms. The van der Waals surface area contributed by atoms with Crippen LogP contribution in [0.5, 0.6) is 0 Å². The first-order chi connectivity index (χ1) is 12.7. The van der Waals surface area contributed by atoms with E-state index >= 15 is 0 Å². The topological polar surface area (TPSA) is 29.3 Å². The highest BCUT2D eigenvalue weighted by atomic mass is 79.9. The highest BCUT2D eigenvalue weighted by molar-refractivity contribution is 9.10. The highest BCUT2D eigenvalue weighted by Gasteiger charge is 2.19. The van der Waals surface area contributed by atoms with Crippen LogP contribution < -0.4 is 5.32 Å². The molecule has 4 rings (SSSR count). The third kappa shape index (κ3) is 3.37. The zero-order valence-corrected chi connectivity index (χ0v) is 16.1. The van der Waals surface area contributed by atoms with E-state index in [0.29, 0.717) is 0 Å². The highest BCUT2D eigenvalue weighted by Crippen LogP contribution is 2.31.